The van der Waals surface area contributed by atoms with Gasteiger partial charge in [-0.1, -0.05) is 13.8 Å². The second-order valence-corrected chi connectivity index (χ2v) is 6.27. The Labute approximate surface area is 104 Å². The smallest absolute Gasteiger partial charge is 0.316 e. The number of ether oxygens (including phenoxy) is 1. The van der Waals surface area contributed by atoms with Crippen LogP contribution in [0.5, 0.6) is 0 Å². The third kappa shape index (κ3) is 7.99. The molecule has 1 N–H and O–H groups in total. The molecule has 0 aliphatic heterocycles. The first-order valence-corrected chi connectivity index (χ1v) is 6.88. The first kappa shape index (κ1) is 15.8. The number of esters is 1. The molecular formula is C12H25NO2S. The summed E-state index contributed by atoms with van der Waals surface area (Å²) in [6, 6.07) is 0.451. The average molecular weight is 247 g/mol. The van der Waals surface area contributed by atoms with Gasteiger partial charge < -0.3 is 10.1 Å². The summed E-state index contributed by atoms with van der Waals surface area (Å²) in [4.78, 5) is 11.4. The van der Waals surface area contributed by atoms with E-state index in [0.717, 1.165) is 5.75 Å². The summed E-state index contributed by atoms with van der Waals surface area (Å²) in [6.07, 6.45) is 0. The van der Waals surface area contributed by atoms with Crippen molar-refractivity contribution in [2.75, 3.05) is 18.6 Å². The van der Waals surface area contributed by atoms with Crippen molar-refractivity contribution in [2.45, 2.75) is 46.3 Å². The number of hydrogen-bond donors (Lipinski definition) is 1. The molecular weight excluding hydrogens is 222 g/mol. The van der Waals surface area contributed by atoms with Crippen LogP contribution in [-0.2, 0) is 9.53 Å². The molecule has 4 heteroatoms. The van der Waals surface area contributed by atoms with Gasteiger partial charge in [0.25, 0.3) is 0 Å². The van der Waals surface area contributed by atoms with Crippen molar-refractivity contribution < 1.29 is 9.53 Å². The highest BCUT2D eigenvalue weighted by atomic mass is 32.2. The maximum absolute atomic E-state index is 11.4. The molecule has 0 aromatic heterocycles. The molecule has 16 heavy (non-hydrogen) atoms. The molecule has 0 spiro atoms. The second kappa shape index (κ2) is 7.17. The van der Waals surface area contributed by atoms with Crippen LogP contribution in [0.15, 0.2) is 0 Å². The van der Waals surface area contributed by atoms with Crippen LogP contribution in [0.3, 0.4) is 0 Å². The first-order chi connectivity index (χ1) is 7.26. The molecule has 0 heterocycles. The van der Waals surface area contributed by atoms with Gasteiger partial charge in [0.2, 0.25) is 0 Å². The van der Waals surface area contributed by atoms with Gasteiger partial charge in [-0.15, -0.1) is 11.8 Å². The van der Waals surface area contributed by atoms with E-state index in [-0.39, 0.29) is 11.6 Å². The van der Waals surface area contributed by atoms with Gasteiger partial charge >= 0.3 is 5.97 Å². The highest BCUT2D eigenvalue weighted by molar-refractivity contribution is 7.99. The molecule has 0 radical (unpaired) electrons. The number of nitrogens with one attached hydrogen (secondary N) is 1. The van der Waals surface area contributed by atoms with Crippen LogP contribution in [0.2, 0.25) is 0 Å². The minimum atomic E-state index is -0.377. The Bertz CT molecular complexity index is 212. The van der Waals surface area contributed by atoms with Gasteiger partial charge in [-0.25, -0.2) is 0 Å². The minimum Gasteiger partial charge on any atom is -0.459 e. The lowest BCUT2D eigenvalue weighted by Gasteiger charge is -2.21. The summed E-state index contributed by atoms with van der Waals surface area (Å²) in [5.41, 5.74) is -0.377. The quantitative estimate of drug-likeness (QED) is 0.731. The molecule has 0 fully saturated rings. The van der Waals surface area contributed by atoms with Crippen LogP contribution in [-0.4, -0.2) is 36.2 Å². The molecule has 1 atom stereocenters. The van der Waals surface area contributed by atoms with Crippen LogP contribution in [0.4, 0.5) is 0 Å². The van der Waals surface area contributed by atoms with Crippen LogP contribution in [0, 0.1) is 5.92 Å². The third-order valence-electron chi connectivity index (χ3n) is 2.11. The maximum atomic E-state index is 11.4. The Hall–Kier alpha value is -0.220. The lowest BCUT2D eigenvalue weighted by molar-refractivity contribution is -0.151. The van der Waals surface area contributed by atoms with E-state index in [0.29, 0.717) is 17.7 Å². The number of hydrogen-bond acceptors (Lipinski definition) is 4. The summed E-state index contributed by atoms with van der Waals surface area (Å²) >= 11 is 1.63. The minimum absolute atomic E-state index is 0.129. The zero-order chi connectivity index (χ0) is 12.8. The molecule has 0 rings (SSSR count). The van der Waals surface area contributed by atoms with Gasteiger partial charge in [-0.2, -0.15) is 0 Å². The summed E-state index contributed by atoms with van der Waals surface area (Å²) in [7, 11) is 1.96. The summed E-state index contributed by atoms with van der Waals surface area (Å²) in [5.74, 6) is 1.82. The van der Waals surface area contributed by atoms with E-state index in [2.05, 4.69) is 19.2 Å². The van der Waals surface area contributed by atoms with Gasteiger partial charge in [0, 0.05) is 11.8 Å². The predicted molar refractivity (Wildman–Crippen MR) is 70.9 cm³/mol. The summed E-state index contributed by atoms with van der Waals surface area (Å²) < 4.78 is 5.23. The number of carbonyl (C=O) groups is 1. The van der Waals surface area contributed by atoms with Crippen molar-refractivity contribution in [3.63, 3.8) is 0 Å². The van der Waals surface area contributed by atoms with Gasteiger partial charge in [0.05, 0.1) is 5.75 Å². The van der Waals surface area contributed by atoms with Crippen LogP contribution in [0.1, 0.15) is 34.6 Å². The molecule has 0 aromatic carbocycles. The van der Waals surface area contributed by atoms with Crippen LogP contribution < -0.4 is 5.32 Å². The van der Waals surface area contributed by atoms with Gasteiger partial charge in [0.1, 0.15) is 5.60 Å². The normalized spacial score (nSPS) is 13.9. The molecule has 0 aromatic rings. The Morgan fingerprint density at radius 1 is 1.38 bits per heavy atom. The fourth-order valence-electron chi connectivity index (χ4n) is 1.25. The van der Waals surface area contributed by atoms with Crippen LogP contribution in [0.25, 0.3) is 0 Å². The maximum Gasteiger partial charge on any atom is 0.316 e. The lowest BCUT2D eigenvalue weighted by Crippen LogP contribution is -2.33. The predicted octanol–water partition coefficient (Wildman–Crippen LogP) is 2.31. The topological polar surface area (TPSA) is 38.3 Å². The molecule has 0 saturated heterocycles. The van der Waals surface area contributed by atoms with E-state index < -0.39 is 0 Å². The molecule has 0 amide bonds. The zero-order valence-corrected chi connectivity index (χ0v) is 12.1. The van der Waals surface area contributed by atoms with Crippen molar-refractivity contribution in [2.24, 2.45) is 5.92 Å². The Balaban J connectivity index is 3.77. The number of thioether (sulfide) groups is 1. The SMILES string of the molecule is CNC(CSCC(=O)OC(C)(C)C)C(C)C. The molecule has 0 saturated carbocycles. The van der Waals surface area contributed by atoms with Crippen molar-refractivity contribution in [3.05, 3.63) is 0 Å². The number of carbonyl (C=O) groups excluding carboxylic acids is 1. The standard InChI is InChI=1S/C12H25NO2S/c1-9(2)10(13-6)7-16-8-11(14)15-12(3,4)5/h9-10,13H,7-8H2,1-6H3. The van der Waals surface area contributed by atoms with Crippen LogP contribution >= 0.6 is 11.8 Å². The fraction of sp³-hybridized carbons (Fsp3) is 0.917. The Morgan fingerprint density at radius 2 is 1.94 bits per heavy atom. The van der Waals surface area contributed by atoms with Crippen molar-refractivity contribution in [3.8, 4) is 0 Å². The largest absolute Gasteiger partial charge is 0.459 e. The zero-order valence-electron chi connectivity index (χ0n) is 11.3. The van der Waals surface area contributed by atoms with Gasteiger partial charge in [-0.3, -0.25) is 4.79 Å². The highest BCUT2D eigenvalue weighted by Gasteiger charge is 2.17. The molecule has 1 unspecified atom stereocenters. The second-order valence-electron chi connectivity index (χ2n) is 5.24. The monoisotopic (exact) mass is 247 g/mol. The van der Waals surface area contributed by atoms with E-state index in [1.54, 1.807) is 11.8 Å². The van der Waals surface area contributed by atoms with Crippen molar-refractivity contribution in [1.82, 2.24) is 5.32 Å². The summed E-state index contributed by atoms with van der Waals surface area (Å²) in [6.45, 7) is 10.0. The highest BCUT2D eigenvalue weighted by Crippen LogP contribution is 2.13. The van der Waals surface area contributed by atoms with E-state index in [9.17, 15) is 4.79 Å². The number of rotatable bonds is 6. The van der Waals surface area contributed by atoms with Gasteiger partial charge in [-0.05, 0) is 33.7 Å². The average Bonchev–Trinajstić information content (AvgIpc) is 2.08. The Morgan fingerprint density at radius 3 is 2.31 bits per heavy atom. The summed E-state index contributed by atoms with van der Waals surface area (Å²) in [5, 5.41) is 3.25. The molecule has 3 nitrogen and oxygen atoms in total. The third-order valence-corrected chi connectivity index (χ3v) is 3.15. The van der Waals surface area contributed by atoms with E-state index in [1.807, 2.05) is 27.8 Å². The molecule has 96 valence electrons. The van der Waals surface area contributed by atoms with E-state index >= 15 is 0 Å². The van der Waals surface area contributed by atoms with Gasteiger partial charge in [0.15, 0.2) is 0 Å². The van der Waals surface area contributed by atoms with Crippen molar-refractivity contribution in [1.29, 1.82) is 0 Å². The van der Waals surface area contributed by atoms with Crippen molar-refractivity contribution >= 4 is 17.7 Å². The van der Waals surface area contributed by atoms with E-state index in [1.165, 1.54) is 0 Å². The fourth-order valence-corrected chi connectivity index (χ4v) is 2.40. The molecule has 0 aliphatic rings. The Kier molecular flexibility index (Phi) is 7.07. The molecule has 0 bridgehead atoms. The lowest BCUT2D eigenvalue weighted by atomic mass is 10.1. The first-order valence-electron chi connectivity index (χ1n) is 5.73. The van der Waals surface area contributed by atoms with E-state index in [4.69, 9.17) is 4.74 Å². The molecule has 0 aliphatic carbocycles.